The molecule has 1 nitrogen and oxygen atoms in total. The summed E-state index contributed by atoms with van der Waals surface area (Å²) >= 11 is 0. The lowest BCUT2D eigenvalue weighted by Crippen LogP contribution is -2.33. The van der Waals surface area contributed by atoms with Crippen molar-refractivity contribution in [2.45, 2.75) is 51.4 Å². The van der Waals surface area contributed by atoms with E-state index in [-0.39, 0.29) is 10.8 Å². The largest absolute Gasteiger partial charge is 0.310 e. The van der Waals surface area contributed by atoms with Crippen LogP contribution >= 0.6 is 0 Å². The molecule has 0 unspecified atom stereocenters. The summed E-state index contributed by atoms with van der Waals surface area (Å²) in [6.45, 7) is 9.62. The van der Waals surface area contributed by atoms with Crippen molar-refractivity contribution in [1.82, 2.24) is 0 Å². The molecule has 0 saturated carbocycles. The van der Waals surface area contributed by atoms with Crippen LogP contribution in [0, 0.1) is 0 Å². The third-order valence-corrected chi connectivity index (χ3v) is 9.47. The molecular weight excluding hydrogens is 518 g/mol. The van der Waals surface area contributed by atoms with E-state index < -0.39 is 0 Å². The van der Waals surface area contributed by atoms with Crippen LogP contribution in [-0.2, 0) is 10.8 Å². The fraction of sp³-hybridized carbons (Fsp3) is 0.190. The summed E-state index contributed by atoms with van der Waals surface area (Å²) in [6, 6.07) is 51.0. The Kier molecular flexibility index (Phi) is 6.70. The number of hydrogen-bond donors (Lipinski definition) is 0. The summed E-state index contributed by atoms with van der Waals surface area (Å²) in [5.41, 5.74) is 11.7. The van der Waals surface area contributed by atoms with Crippen LogP contribution in [0.25, 0.3) is 33.0 Å². The molecule has 6 aromatic carbocycles. The zero-order chi connectivity index (χ0) is 29.6. The van der Waals surface area contributed by atoms with Crippen LogP contribution in [-0.4, -0.2) is 0 Å². The fourth-order valence-electron chi connectivity index (χ4n) is 6.80. The minimum Gasteiger partial charge on any atom is -0.310 e. The second-order valence-corrected chi connectivity index (χ2v) is 13.4. The van der Waals surface area contributed by atoms with Gasteiger partial charge in [0.2, 0.25) is 0 Å². The van der Waals surface area contributed by atoms with Crippen LogP contribution in [0.5, 0.6) is 0 Å². The van der Waals surface area contributed by atoms with Crippen LogP contribution < -0.4 is 4.90 Å². The van der Waals surface area contributed by atoms with E-state index in [9.17, 15) is 0 Å². The molecule has 0 spiro atoms. The highest BCUT2D eigenvalue weighted by atomic mass is 15.1. The maximum Gasteiger partial charge on any atom is 0.0467 e. The number of fused-ring (bicyclic) bond motifs is 2. The van der Waals surface area contributed by atoms with Crippen molar-refractivity contribution in [3.63, 3.8) is 0 Å². The van der Waals surface area contributed by atoms with Crippen molar-refractivity contribution in [1.29, 1.82) is 0 Å². The molecule has 1 aliphatic carbocycles. The second-order valence-electron chi connectivity index (χ2n) is 13.4. The lowest BCUT2D eigenvalue weighted by Gasteiger charge is -2.42. The third-order valence-electron chi connectivity index (χ3n) is 9.47. The first-order chi connectivity index (χ1) is 20.8. The third kappa shape index (κ3) is 5.14. The average Bonchev–Trinajstić information content (AvgIpc) is 3.04. The molecule has 0 fully saturated rings. The fourth-order valence-corrected chi connectivity index (χ4v) is 6.80. The topological polar surface area (TPSA) is 3.24 Å². The van der Waals surface area contributed by atoms with Crippen LogP contribution in [0.15, 0.2) is 140 Å². The highest BCUT2D eigenvalue weighted by Crippen LogP contribution is 2.47. The highest BCUT2D eigenvalue weighted by molar-refractivity contribution is 5.90. The normalized spacial score (nSPS) is 15.2. The first-order valence-electron chi connectivity index (χ1n) is 15.5. The van der Waals surface area contributed by atoms with Crippen molar-refractivity contribution >= 4 is 27.8 Å². The van der Waals surface area contributed by atoms with Gasteiger partial charge >= 0.3 is 0 Å². The maximum absolute atomic E-state index is 2.48. The molecular formula is C42H39N. The molecule has 0 heterocycles. The Balaban J connectivity index is 1.32. The lowest BCUT2D eigenvalue weighted by molar-refractivity contribution is 0.332. The summed E-state index contributed by atoms with van der Waals surface area (Å²) in [5, 5.41) is 2.65. The minimum atomic E-state index is 0.194. The summed E-state index contributed by atoms with van der Waals surface area (Å²) in [5.74, 6) is 0. The van der Waals surface area contributed by atoms with Gasteiger partial charge in [-0.15, -0.1) is 0 Å². The van der Waals surface area contributed by atoms with Gasteiger partial charge in [-0.2, -0.15) is 0 Å². The van der Waals surface area contributed by atoms with Crippen LogP contribution in [0.1, 0.15) is 51.7 Å². The van der Waals surface area contributed by atoms with Gasteiger partial charge in [0.15, 0.2) is 0 Å². The van der Waals surface area contributed by atoms with Crippen molar-refractivity contribution in [3.05, 3.63) is 151 Å². The van der Waals surface area contributed by atoms with Gasteiger partial charge in [-0.1, -0.05) is 125 Å². The molecule has 6 aromatic rings. The number of anilines is 3. The van der Waals surface area contributed by atoms with Gasteiger partial charge < -0.3 is 4.90 Å². The molecule has 1 heteroatoms. The quantitative estimate of drug-likeness (QED) is 0.204. The van der Waals surface area contributed by atoms with E-state index in [4.69, 9.17) is 0 Å². The molecule has 0 N–H and O–H groups in total. The van der Waals surface area contributed by atoms with Crippen molar-refractivity contribution < 1.29 is 0 Å². The molecule has 212 valence electrons. The van der Waals surface area contributed by atoms with Gasteiger partial charge in [0.25, 0.3) is 0 Å². The minimum absolute atomic E-state index is 0.194. The Bertz CT molecular complexity index is 1910. The maximum atomic E-state index is 2.48. The standard InChI is InChI=1S/C42H39N/c1-41(2)23-24-42(3,4)40-29-35-25-33(21-22-34(35)28-39(40)41)32-16-12-20-38(27-32)43(36-17-9-6-10-18-36)37-19-11-15-31(26-37)30-13-7-5-8-14-30/h5-22,25-29H,23-24H2,1-4H3. The molecule has 0 saturated heterocycles. The Morgan fingerprint density at radius 1 is 0.395 bits per heavy atom. The van der Waals surface area contributed by atoms with Gasteiger partial charge in [0.1, 0.15) is 0 Å². The van der Waals surface area contributed by atoms with Crippen molar-refractivity contribution in [3.8, 4) is 22.3 Å². The zero-order valence-corrected chi connectivity index (χ0v) is 25.6. The molecule has 0 atom stereocenters. The molecule has 0 bridgehead atoms. The number of hydrogen-bond acceptors (Lipinski definition) is 1. The van der Waals surface area contributed by atoms with Gasteiger partial charge in [-0.25, -0.2) is 0 Å². The number of benzene rings is 6. The summed E-state index contributed by atoms with van der Waals surface area (Å²) in [7, 11) is 0. The predicted molar refractivity (Wildman–Crippen MR) is 185 cm³/mol. The van der Waals surface area contributed by atoms with Gasteiger partial charge in [0.05, 0.1) is 0 Å². The second kappa shape index (κ2) is 10.6. The highest BCUT2D eigenvalue weighted by Gasteiger charge is 2.37. The van der Waals surface area contributed by atoms with E-state index in [1.165, 1.54) is 57.0 Å². The average molecular weight is 558 g/mol. The van der Waals surface area contributed by atoms with Crippen LogP contribution in [0.2, 0.25) is 0 Å². The van der Waals surface area contributed by atoms with E-state index in [1.807, 2.05) is 0 Å². The number of nitrogens with zero attached hydrogens (tertiary/aromatic N) is 1. The molecule has 0 amide bonds. The molecule has 0 aromatic heterocycles. The van der Waals surface area contributed by atoms with Gasteiger partial charge in [-0.3, -0.25) is 0 Å². The first-order valence-corrected chi connectivity index (χ1v) is 15.5. The van der Waals surface area contributed by atoms with E-state index in [2.05, 4.69) is 172 Å². The van der Waals surface area contributed by atoms with Gasteiger partial charge in [-0.05, 0) is 110 Å². The lowest BCUT2D eigenvalue weighted by atomic mass is 9.63. The Morgan fingerprint density at radius 3 is 1.47 bits per heavy atom. The molecule has 0 radical (unpaired) electrons. The smallest absolute Gasteiger partial charge is 0.0467 e. The Labute approximate surface area is 256 Å². The molecule has 1 aliphatic rings. The summed E-state index contributed by atoms with van der Waals surface area (Å²) in [6.07, 6.45) is 2.45. The number of rotatable bonds is 5. The predicted octanol–water partition coefficient (Wildman–Crippen LogP) is 12.0. The summed E-state index contributed by atoms with van der Waals surface area (Å²) in [4.78, 5) is 2.36. The van der Waals surface area contributed by atoms with Crippen LogP contribution in [0.4, 0.5) is 17.1 Å². The summed E-state index contributed by atoms with van der Waals surface area (Å²) < 4.78 is 0. The number of para-hydroxylation sites is 1. The van der Waals surface area contributed by atoms with Crippen LogP contribution in [0.3, 0.4) is 0 Å². The SMILES string of the molecule is CC1(C)CCC(C)(C)c2cc3cc(-c4cccc(N(c5ccccc5)c5cccc(-c6ccccc6)c5)c4)ccc3cc21. The monoisotopic (exact) mass is 557 g/mol. The first kappa shape index (κ1) is 27.2. The molecule has 0 aliphatic heterocycles. The van der Waals surface area contributed by atoms with E-state index >= 15 is 0 Å². The zero-order valence-electron chi connectivity index (χ0n) is 25.6. The molecule has 7 rings (SSSR count). The van der Waals surface area contributed by atoms with Crippen molar-refractivity contribution in [2.75, 3.05) is 4.90 Å². The molecule has 43 heavy (non-hydrogen) atoms. The van der Waals surface area contributed by atoms with Crippen molar-refractivity contribution in [2.24, 2.45) is 0 Å². The van der Waals surface area contributed by atoms with E-state index in [0.29, 0.717) is 0 Å². The van der Waals surface area contributed by atoms with E-state index in [0.717, 1.165) is 17.1 Å². The Morgan fingerprint density at radius 2 is 0.860 bits per heavy atom. The Hall–Kier alpha value is -4.62. The van der Waals surface area contributed by atoms with E-state index in [1.54, 1.807) is 0 Å². The van der Waals surface area contributed by atoms with Gasteiger partial charge in [0, 0.05) is 17.1 Å².